The van der Waals surface area contributed by atoms with Gasteiger partial charge in [-0.25, -0.2) is 0 Å². The van der Waals surface area contributed by atoms with Crippen molar-refractivity contribution < 1.29 is 24.5 Å². The smallest absolute Gasteiger partial charge is 0.247 e. The zero-order valence-corrected chi connectivity index (χ0v) is 19.9. The largest absolute Gasteiger partial charge is 0.486 e. The third-order valence-corrected chi connectivity index (χ3v) is 6.53. The minimum atomic E-state index is -1.05. The summed E-state index contributed by atoms with van der Waals surface area (Å²) in [5.41, 5.74) is 2.08. The molecule has 2 aliphatic rings. The minimum Gasteiger partial charge on any atom is -0.486 e. The summed E-state index contributed by atoms with van der Waals surface area (Å²) in [7, 11) is 0. The molecule has 0 saturated heterocycles. The molecule has 1 heterocycles. The second kappa shape index (κ2) is 10.2. The van der Waals surface area contributed by atoms with Crippen LogP contribution in [0.5, 0.6) is 5.75 Å². The van der Waals surface area contributed by atoms with Gasteiger partial charge in [-0.2, -0.15) is 0 Å². The first kappa shape index (κ1) is 24.3. The Morgan fingerprint density at radius 1 is 1.15 bits per heavy atom. The number of aliphatic hydroxyl groups excluding tert-OH is 2. The topological polar surface area (TPSA) is 99.1 Å². The van der Waals surface area contributed by atoms with Crippen LogP contribution in [0.25, 0.3) is 0 Å². The number of aliphatic hydroxyl groups is 2. The molecule has 0 radical (unpaired) electrons. The molecule has 2 aromatic rings. The third-order valence-electron chi connectivity index (χ3n) is 6.28. The van der Waals surface area contributed by atoms with Crippen molar-refractivity contribution in [1.29, 1.82) is 0 Å². The van der Waals surface area contributed by atoms with E-state index in [-0.39, 0.29) is 37.4 Å². The maximum absolute atomic E-state index is 13.3. The fourth-order valence-corrected chi connectivity index (χ4v) is 4.77. The number of halogens is 1. The molecule has 34 heavy (non-hydrogen) atoms. The Hall–Kier alpha value is -2.87. The molecular formula is C26H29ClN2O5. The maximum atomic E-state index is 13.3. The summed E-state index contributed by atoms with van der Waals surface area (Å²) in [6.07, 6.45) is -0.100. The van der Waals surface area contributed by atoms with Crippen LogP contribution in [0.4, 0.5) is 0 Å². The van der Waals surface area contributed by atoms with E-state index in [1.54, 1.807) is 37.0 Å². The molecule has 2 amide bonds. The number of rotatable bonds is 7. The molecule has 4 atom stereocenters. The maximum Gasteiger partial charge on any atom is 0.247 e. The Morgan fingerprint density at radius 2 is 1.85 bits per heavy atom. The molecule has 7 nitrogen and oxygen atoms in total. The van der Waals surface area contributed by atoms with Gasteiger partial charge in [0.15, 0.2) is 0 Å². The fourth-order valence-electron chi connectivity index (χ4n) is 4.64. The molecule has 0 spiro atoms. The van der Waals surface area contributed by atoms with Crippen LogP contribution in [-0.4, -0.2) is 58.3 Å². The number of ether oxygens (including phenoxy) is 1. The highest BCUT2D eigenvalue weighted by molar-refractivity contribution is 6.30. The lowest BCUT2D eigenvalue weighted by molar-refractivity contribution is -0.141. The first-order chi connectivity index (χ1) is 16.3. The van der Waals surface area contributed by atoms with Crippen LogP contribution in [0.3, 0.4) is 0 Å². The number of fused-ring (bicyclic) bond motifs is 3. The van der Waals surface area contributed by atoms with E-state index >= 15 is 0 Å². The number of nitrogens with one attached hydrogen (secondary N) is 1. The average molecular weight is 485 g/mol. The number of hydrogen-bond donors (Lipinski definition) is 3. The molecular weight excluding hydrogens is 456 g/mol. The number of amides is 2. The van der Waals surface area contributed by atoms with Gasteiger partial charge in [0.2, 0.25) is 11.8 Å². The molecule has 1 aliphatic heterocycles. The summed E-state index contributed by atoms with van der Waals surface area (Å²) in [5, 5.41) is 24.0. The third kappa shape index (κ3) is 4.69. The van der Waals surface area contributed by atoms with Gasteiger partial charge in [0.1, 0.15) is 18.0 Å². The van der Waals surface area contributed by atoms with E-state index in [1.165, 1.54) is 0 Å². The predicted molar refractivity (Wildman–Crippen MR) is 128 cm³/mol. The summed E-state index contributed by atoms with van der Waals surface area (Å²) in [4.78, 5) is 28.0. The van der Waals surface area contributed by atoms with Crippen molar-refractivity contribution in [3.63, 3.8) is 0 Å². The summed E-state index contributed by atoms with van der Waals surface area (Å²) >= 11 is 6.02. The summed E-state index contributed by atoms with van der Waals surface area (Å²) < 4.78 is 6.12. The molecule has 8 heteroatoms. The number of hydrogen-bond acceptors (Lipinski definition) is 5. The van der Waals surface area contributed by atoms with Crippen LogP contribution in [0, 0.1) is 5.92 Å². The van der Waals surface area contributed by atoms with Crippen molar-refractivity contribution in [3.8, 4) is 5.75 Å². The van der Waals surface area contributed by atoms with E-state index < -0.39 is 24.2 Å². The van der Waals surface area contributed by atoms with Crippen molar-refractivity contribution >= 4 is 23.4 Å². The van der Waals surface area contributed by atoms with Crippen molar-refractivity contribution in [2.75, 3.05) is 13.2 Å². The molecule has 4 rings (SSSR count). The first-order valence-corrected chi connectivity index (χ1v) is 11.8. The molecule has 0 bridgehead atoms. The summed E-state index contributed by atoms with van der Waals surface area (Å²) in [5.74, 6) is -0.701. The van der Waals surface area contributed by atoms with Gasteiger partial charge in [-0.05, 0) is 29.8 Å². The average Bonchev–Trinajstić information content (AvgIpc) is 3.22. The van der Waals surface area contributed by atoms with Gasteiger partial charge in [0.05, 0.1) is 18.6 Å². The van der Waals surface area contributed by atoms with Crippen LogP contribution in [0.15, 0.2) is 60.2 Å². The van der Waals surface area contributed by atoms with Crippen LogP contribution >= 0.6 is 11.6 Å². The SMILES string of the molecule is CC(C)C(=O)N(Cc1ccc(Cl)cc1)C1C=C(C(=O)NCCO)C2c3ccccc3OC2C1O. The molecule has 4 unspecified atom stereocenters. The van der Waals surface area contributed by atoms with Gasteiger partial charge in [-0.1, -0.05) is 55.8 Å². The van der Waals surface area contributed by atoms with E-state index in [4.69, 9.17) is 16.3 Å². The van der Waals surface area contributed by atoms with Gasteiger partial charge in [-0.15, -0.1) is 0 Å². The van der Waals surface area contributed by atoms with Crippen molar-refractivity contribution in [2.24, 2.45) is 5.92 Å². The highest BCUT2D eigenvalue weighted by Gasteiger charge is 2.50. The monoisotopic (exact) mass is 484 g/mol. The van der Waals surface area contributed by atoms with Crippen LogP contribution in [0.1, 0.15) is 30.9 Å². The highest BCUT2D eigenvalue weighted by Crippen LogP contribution is 2.47. The van der Waals surface area contributed by atoms with Gasteiger partial charge in [0, 0.05) is 35.2 Å². The quantitative estimate of drug-likeness (QED) is 0.561. The van der Waals surface area contributed by atoms with E-state index in [0.29, 0.717) is 16.3 Å². The lowest BCUT2D eigenvalue weighted by atomic mass is 9.77. The standard InChI is InChI=1S/C26H29ClN2O5/c1-15(2)26(33)29(14-16-7-9-17(27)10-8-16)20-13-19(25(32)28-11-12-30)22-18-5-3-4-6-21(18)34-24(22)23(20)31/h3-10,13,15,20,22-24,30-31H,11-12,14H2,1-2H3,(H,28,32). The van der Waals surface area contributed by atoms with Crippen LogP contribution < -0.4 is 10.1 Å². The molecule has 0 aromatic heterocycles. The second-order valence-corrected chi connectivity index (χ2v) is 9.36. The minimum absolute atomic E-state index is 0.0999. The molecule has 3 N–H and O–H groups in total. The molecule has 0 saturated carbocycles. The van der Waals surface area contributed by atoms with Gasteiger partial charge < -0.3 is 25.2 Å². The molecule has 2 aromatic carbocycles. The van der Waals surface area contributed by atoms with E-state index in [0.717, 1.165) is 11.1 Å². The Kier molecular flexibility index (Phi) is 7.26. The fraction of sp³-hybridized carbons (Fsp3) is 0.385. The predicted octanol–water partition coefficient (Wildman–Crippen LogP) is 2.65. The number of carbonyl (C=O) groups excluding carboxylic acids is 2. The van der Waals surface area contributed by atoms with E-state index in [2.05, 4.69) is 5.32 Å². The number of carbonyl (C=O) groups is 2. The Labute approximate surface area is 204 Å². The van der Waals surface area contributed by atoms with Crippen molar-refractivity contribution in [1.82, 2.24) is 10.2 Å². The van der Waals surface area contributed by atoms with E-state index in [1.807, 2.05) is 36.4 Å². The lowest BCUT2D eigenvalue weighted by Gasteiger charge is -2.41. The van der Waals surface area contributed by atoms with Gasteiger partial charge in [-0.3, -0.25) is 9.59 Å². The number of para-hydroxylation sites is 1. The Balaban J connectivity index is 1.76. The second-order valence-electron chi connectivity index (χ2n) is 8.93. The van der Waals surface area contributed by atoms with Gasteiger partial charge >= 0.3 is 0 Å². The Morgan fingerprint density at radius 3 is 2.53 bits per heavy atom. The summed E-state index contributed by atoms with van der Waals surface area (Å²) in [6.45, 7) is 3.75. The van der Waals surface area contributed by atoms with Crippen LogP contribution in [-0.2, 0) is 16.1 Å². The first-order valence-electron chi connectivity index (χ1n) is 11.4. The summed E-state index contributed by atoms with van der Waals surface area (Å²) in [6, 6.07) is 13.8. The zero-order valence-electron chi connectivity index (χ0n) is 19.1. The zero-order chi connectivity index (χ0) is 24.4. The highest BCUT2D eigenvalue weighted by atomic mass is 35.5. The van der Waals surface area contributed by atoms with Crippen molar-refractivity contribution in [3.05, 3.63) is 76.3 Å². The molecule has 0 fully saturated rings. The molecule has 1 aliphatic carbocycles. The molecule has 180 valence electrons. The van der Waals surface area contributed by atoms with E-state index in [9.17, 15) is 19.8 Å². The number of benzene rings is 2. The Bertz CT molecular complexity index is 1080. The lowest BCUT2D eigenvalue weighted by Crippen LogP contribution is -2.56. The van der Waals surface area contributed by atoms with Crippen LogP contribution in [0.2, 0.25) is 5.02 Å². The number of nitrogens with zero attached hydrogens (tertiary/aromatic N) is 1. The van der Waals surface area contributed by atoms with Gasteiger partial charge in [0.25, 0.3) is 0 Å². The normalized spacial score (nSPS) is 22.9. The van der Waals surface area contributed by atoms with Crippen molar-refractivity contribution in [2.45, 2.75) is 44.6 Å².